The first kappa shape index (κ1) is 18.9. The Morgan fingerprint density at radius 3 is 2.93 bits per heavy atom. The highest BCUT2D eigenvalue weighted by molar-refractivity contribution is 7.99. The van der Waals surface area contributed by atoms with Crippen LogP contribution in [0.25, 0.3) is 0 Å². The van der Waals surface area contributed by atoms with Crippen molar-refractivity contribution < 1.29 is 14.3 Å². The molecular weight excluding hydrogens is 366 g/mol. The Morgan fingerprint density at radius 1 is 1.41 bits per heavy atom. The predicted octanol–water partition coefficient (Wildman–Crippen LogP) is 2.38. The molecule has 8 heteroatoms. The van der Waals surface area contributed by atoms with Crippen LogP contribution in [0.5, 0.6) is 11.5 Å². The van der Waals surface area contributed by atoms with Gasteiger partial charge in [0, 0.05) is 17.9 Å². The minimum absolute atomic E-state index is 0.113. The summed E-state index contributed by atoms with van der Waals surface area (Å²) in [6.07, 6.45) is 5.37. The van der Waals surface area contributed by atoms with Crippen molar-refractivity contribution in [2.75, 3.05) is 24.8 Å². The number of thioether (sulfide) groups is 1. The zero-order chi connectivity index (χ0) is 19.4. The molecule has 1 aliphatic heterocycles. The molecule has 0 bridgehead atoms. The van der Waals surface area contributed by atoms with Gasteiger partial charge in [-0.2, -0.15) is 0 Å². The number of aromatic nitrogens is 2. The molecule has 0 saturated heterocycles. The minimum Gasteiger partial charge on any atom is -0.493 e. The number of hydrogen-bond donors (Lipinski definition) is 2. The summed E-state index contributed by atoms with van der Waals surface area (Å²) in [7, 11) is 1.55. The quantitative estimate of drug-likeness (QED) is 0.451. The number of aromatic amines is 1. The van der Waals surface area contributed by atoms with Crippen LogP contribution in [0.4, 0.5) is 5.82 Å². The molecule has 27 heavy (non-hydrogen) atoms. The standard InChI is InChI=1S/C19H19N3O4S/c1-4-9-27-19-21-17-15(18(24)22-19)12(10-14(23)20-17)11-7-6-8-13(25-3)16(11)26-5-2/h1,6-8,12H,5,9-10H2,2-3H3,(H2,20,21,22,23,24)/t12-/m1/s1. The number of rotatable bonds is 6. The Labute approximate surface area is 160 Å². The van der Waals surface area contributed by atoms with E-state index in [0.29, 0.717) is 40.1 Å². The van der Waals surface area contributed by atoms with Crippen molar-refractivity contribution in [3.05, 3.63) is 39.7 Å². The number of ether oxygens (including phenoxy) is 2. The van der Waals surface area contributed by atoms with E-state index in [0.717, 1.165) is 0 Å². The molecule has 0 spiro atoms. The number of anilines is 1. The fourth-order valence-corrected chi connectivity index (χ4v) is 3.60. The van der Waals surface area contributed by atoms with Gasteiger partial charge in [0.05, 0.1) is 25.0 Å². The third-order valence-electron chi connectivity index (χ3n) is 4.11. The molecule has 0 unspecified atom stereocenters. The lowest BCUT2D eigenvalue weighted by molar-refractivity contribution is -0.116. The molecule has 0 aliphatic carbocycles. The summed E-state index contributed by atoms with van der Waals surface area (Å²) in [6, 6.07) is 5.42. The molecule has 2 heterocycles. The average Bonchev–Trinajstić information content (AvgIpc) is 2.65. The van der Waals surface area contributed by atoms with Crippen LogP contribution in [-0.4, -0.2) is 35.3 Å². The number of carbonyl (C=O) groups is 1. The van der Waals surface area contributed by atoms with E-state index in [9.17, 15) is 9.59 Å². The predicted molar refractivity (Wildman–Crippen MR) is 104 cm³/mol. The van der Waals surface area contributed by atoms with Crippen molar-refractivity contribution in [2.24, 2.45) is 0 Å². The molecule has 0 fully saturated rings. The lowest BCUT2D eigenvalue weighted by Gasteiger charge is -2.26. The van der Waals surface area contributed by atoms with Gasteiger partial charge in [-0.1, -0.05) is 29.8 Å². The number of para-hydroxylation sites is 1. The van der Waals surface area contributed by atoms with Crippen LogP contribution in [0.15, 0.2) is 28.2 Å². The third kappa shape index (κ3) is 3.78. The van der Waals surface area contributed by atoms with Gasteiger partial charge < -0.3 is 19.8 Å². The number of terminal acetylenes is 1. The van der Waals surface area contributed by atoms with Gasteiger partial charge in [0.25, 0.3) is 5.56 Å². The van der Waals surface area contributed by atoms with Gasteiger partial charge in [0.15, 0.2) is 16.7 Å². The van der Waals surface area contributed by atoms with Gasteiger partial charge >= 0.3 is 0 Å². The molecule has 0 saturated carbocycles. The molecule has 2 aromatic rings. The summed E-state index contributed by atoms with van der Waals surface area (Å²) in [5, 5.41) is 3.06. The lowest BCUT2D eigenvalue weighted by atomic mass is 9.86. The zero-order valence-corrected chi connectivity index (χ0v) is 15.8. The van der Waals surface area contributed by atoms with Crippen LogP contribution in [0, 0.1) is 12.3 Å². The zero-order valence-electron chi connectivity index (χ0n) is 15.0. The second kappa shape index (κ2) is 8.18. The molecule has 1 atom stereocenters. The molecule has 0 radical (unpaired) electrons. The van der Waals surface area contributed by atoms with Gasteiger partial charge in [-0.25, -0.2) is 4.98 Å². The Balaban J connectivity index is 2.14. The number of nitrogens with one attached hydrogen (secondary N) is 2. The number of fused-ring (bicyclic) bond motifs is 1. The number of benzene rings is 1. The van der Waals surface area contributed by atoms with Crippen LogP contribution < -0.4 is 20.3 Å². The molecule has 2 N–H and O–H groups in total. The number of methoxy groups -OCH3 is 1. The molecule has 140 valence electrons. The molecular formula is C19H19N3O4S. The Kier molecular flexibility index (Phi) is 5.72. The summed E-state index contributed by atoms with van der Waals surface area (Å²) in [4.78, 5) is 32.2. The maximum absolute atomic E-state index is 12.8. The molecule has 7 nitrogen and oxygen atoms in total. The lowest BCUT2D eigenvalue weighted by Crippen LogP contribution is -2.31. The summed E-state index contributed by atoms with van der Waals surface area (Å²) in [5.41, 5.74) is 0.798. The van der Waals surface area contributed by atoms with Crippen molar-refractivity contribution in [2.45, 2.75) is 24.4 Å². The largest absolute Gasteiger partial charge is 0.493 e. The van der Waals surface area contributed by atoms with E-state index in [1.54, 1.807) is 13.2 Å². The molecule has 1 aromatic carbocycles. The molecule has 1 amide bonds. The van der Waals surface area contributed by atoms with Crippen molar-refractivity contribution in [3.8, 4) is 23.8 Å². The normalized spacial score (nSPS) is 15.4. The van der Waals surface area contributed by atoms with Gasteiger partial charge in [-0.05, 0) is 13.0 Å². The van der Waals surface area contributed by atoms with E-state index in [2.05, 4.69) is 21.2 Å². The van der Waals surface area contributed by atoms with Crippen molar-refractivity contribution in [1.29, 1.82) is 0 Å². The number of carbonyl (C=O) groups excluding carboxylic acids is 1. The highest BCUT2D eigenvalue weighted by atomic mass is 32.2. The maximum Gasteiger partial charge on any atom is 0.257 e. The Bertz CT molecular complexity index is 964. The molecule has 1 aromatic heterocycles. The number of nitrogens with zero attached hydrogens (tertiary/aromatic N) is 1. The smallest absolute Gasteiger partial charge is 0.257 e. The van der Waals surface area contributed by atoms with E-state index < -0.39 is 5.92 Å². The monoisotopic (exact) mass is 385 g/mol. The second-order valence-corrected chi connectivity index (χ2v) is 6.71. The van der Waals surface area contributed by atoms with E-state index in [1.165, 1.54) is 11.8 Å². The highest BCUT2D eigenvalue weighted by Crippen LogP contribution is 2.42. The summed E-state index contributed by atoms with van der Waals surface area (Å²) < 4.78 is 11.2. The molecule has 3 rings (SSSR count). The molecule has 1 aliphatic rings. The fourth-order valence-electron chi connectivity index (χ4n) is 3.06. The third-order valence-corrected chi connectivity index (χ3v) is 4.89. The topological polar surface area (TPSA) is 93.3 Å². The van der Waals surface area contributed by atoms with Gasteiger partial charge in [-0.3, -0.25) is 9.59 Å². The van der Waals surface area contributed by atoms with Gasteiger partial charge in [-0.15, -0.1) is 6.42 Å². The van der Waals surface area contributed by atoms with Crippen molar-refractivity contribution >= 4 is 23.5 Å². The van der Waals surface area contributed by atoms with Crippen LogP contribution in [-0.2, 0) is 4.79 Å². The SMILES string of the molecule is C#CCSc1nc2c(c(=O)[nH]1)[C@@H](c1cccc(OC)c1OCC)CC(=O)N2. The van der Waals surface area contributed by atoms with Crippen molar-refractivity contribution in [3.63, 3.8) is 0 Å². The van der Waals surface area contributed by atoms with Gasteiger partial charge in [0.1, 0.15) is 5.82 Å². The van der Waals surface area contributed by atoms with Crippen LogP contribution in [0.3, 0.4) is 0 Å². The number of hydrogen-bond acceptors (Lipinski definition) is 6. The van der Waals surface area contributed by atoms with Crippen LogP contribution in [0.1, 0.15) is 30.4 Å². The van der Waals surface area contributed by atoms with E-state index in [-0.39, 0.29) is 23.7 Å². The van der Waals surface area contributed by atoms with E-state index >= 15 is 0 Å². The van der Waals surface area contributed by atoms with E-state index in [1.807, 2.05) is 19.1 Å². The maximum atomic E-state index is 12.8. The Morgan fingerprint density at radius 2 is 2.22 bits per heavy atom. The Hall–Kier alpha value is -2.92. The minimum atomic E-state index is -0.492. The van der Waals surface area contributed by atoms with Crippen molar-refractivity contribution in [1.82, 2.24) is 9.97 Å². The number of H-pyrrole nitrogens is 1. The van der Waals surface area contributed by atoms with Crippen LogP contribution >= 0.6 is 11.8 Å². The fraction of sp³-hybridized carbons (Fsp3) is 0.316. The number of amides is 1. The highest BCUT2D eigenvalue weighted by Gasteiger charge is 2.33. The van der Waals surface area contributed by atoms with Gasteiger partial charge in [0.2, 0.25) is 5.91 Å². The first-order chi connectivity index (χ1) is 13.1. The summed E-state index contributed by atoms with van der Waals surface area (Å²) in [5.74, 6) is 3.46. The second-order valence-electron chi connectivity index (χ2n) is 5.74. The van der Waals surface area contributed by atoms with Crippen LogP contribution in [0.2, 0.25) is 0 Å². The summed E-state index contributed by atoms with van der Waals surface area (Å²) >= 11 is 1.22. The summed E-state index contributed by atoms with van der Waals surface area (Å²) in [6.45, 7) is 2.29. The average molecular weight is 385 g/mol. The first-order valence-electron chi connectivity index (χ1n) is 8.39. The first-order valence-corrected chi connectivity index (χ1v) is 9.37. The van der Waals surface area contributed by atoms with E-state index in [4.69, 9.17) is 15.9 Å².